The molecule has 2 heteroatoms. The van der Waals surface area contributed by atoms with Crippen LogP contribution in [-0.4, -0.2) is 5.11 Å². The molecule has 0 aliphatic carbocycles. The van der Waals surface area contributed by atoms with E-state index in [1.807, 2.05) is 6.07 Å². The van der Waals surface area contributed by atoms with Crippen LogP contribution in [0.3, 0.4) is 0 Å². The lowest BCUT2D eigenvalue weighted by atomic mass is 10.1. The van der Waals surface area contributed by atoms with E-state index < -0.39 is 0 Å². The molecule has 0 bridgehead atoms. The van der Waals surface area contributed by atoms with E-state index in [0.717, 1.165) is 5.39 Å². The molecule has 0 aliphatic heterocycles. The average Bonchev–Trinajstić information content (AvgIpc) is 2.07. The molecule has 0 atom stereocenters. The molecule has 0 aliphatic rings. The summed E-state index contributed by atoms with van der Waals surface area (Å²) in [6, 6.07) is 11.7. The molecule has 0 fully saturated rings. The molecule has 0 saturated carbocycles. The van der Waals surface area contributed by atoms with Gasteiger partial charge in [0.05, 0.1) is 0 Å². The number of rotatable bonds is 0. The van der Waals surface area contributed by atoms with Gasteiger partial charge in [0.15, 0.2) is 0 Å². The molecule has 0 unspecified atom stereocenters. The Morgan fingerprint density at radius 1 is 1.25 bits per heavy atom. The van der Waals surface area contributed by atoms with Crippen molar-refractivity contribution in [2.24, 2.45) is 0 Å². The van der Waals surface area contributed by atoms with Crippen molar-refractivity contribution in [1.82, 2.24) is 0 Å². The lowest BCUT2D eigenvalue weighted by molar-refractivity contribution is 0.481. The molecule has 2 aromatic carbocycles. The molecule has 0 amide bonds. The lowest BCUT2D eigenvalue weighted by Gasteiger charge is -2.01. The van der Waals surface area contributed by atoms with Crippen LogP contribution in [0.2, 0.25) is 0 Å². The van der Waals surface area contributed by atoms with Crippen molar-refractivity contribution in [3.63, 3.8) is 0 Å². The maximum atomic E-state index is 9.41. The Bertz CT molecular complexity index is 382. The minimum Gasteiger partial charge on any atom is -0.507 e. The number of hydrogen-bond acceptors (Lipinski definition) is 2. The summed E-state index contributed by atoms with van der Waals surface area (Å²) in [5.74, 6) is 0.222. The van der Waals surface area contributed by atoms with E-state index in [1.54, 1.807) is 24.3 Å². The van der Waals surface area contributed by atoms with Crippen LogP contribution in [0.4, 0.5) is 5.69 Å². The van der Waals surface area contributed by atoms with Gasteiger partial charge in [-0.1, -0.05) is 18.2 Å². The molecule has 0 spiro atoms. The predicted molar refractivity (Wildman–Crippen MR) is 48.9 cm³/mol. The van der Waals surface area contributed by atoms with Gasteiger partial charge in [0.2, 0.25) is 0 Å². The van der Waals surface area contributed by atoms with E-state index in [-0.39, 0.29) is 5.75 Å². The molecular weight excluding hydrogens is 150 g/mol. The number of benzene rings is 2. The summed E-state index contributed by atoms with van der Waals surface area (Å²) in [5, 5.41) is 10.9. The topological polar surface area (TPSA) is 46.2 Å². The van der Waals surface area contributed by atoms with Crippen LogP contribution in [0.1, 0.15) is 0 Å². The maximum Gasteiger partial charge on any atom is 0.124 e. The zero-order valence-corrected chi connectivity index (χ0v) is 6.41. The summed E-state index contributed by atoms with van der Waals surface area (Å²) in [6.07, 6.45) is 0. The Kier molecular flexibility index (Phi) is 1.40. The second-order valence-corrected chi connectivity index (χ2v) is 2.63. The second kappa shape index (κ2) is 2.41. The predicted octanol–water partition coefficient (Wildman–Crippen LogP) is 1.93. The third-order valence-corrected chi connectivity index (χ3v) is 1.84. The first-order valence-electron chi connectivity index (χ1n) is 3.67. The normalized spacial score (nSPS) is 10.3. The van der Waals surface area contributed by atoms with Gasteiger partial charge in [-0.25, -0.2) is 0 Å². The Labute approximate surface area is 70.2 Å². The number of fused-ring (bicyclic) bond motifs is 1. The number of anilines is 1. The first-order chi connectivity index (χ1) is 5.79. The Hall–Kier alpha value is -1.70. The molecule has 2 nitrogen and oxygen atoms in total. The van der Waals surface area contributed by atoms with Crippen LogP contribution in [0, 0.1) is 6.07 Å². The molecule has 2 aromatic rings. The smallest absolute Gasteiger partial charge is 0.124 e. The van der Waals surface area contributed by atoms with Crippen LogP contribution >= 0.6 is 0 Å². The number of hydrogen-bond donors (Lipinski definition) is 2. The Morgan fingerprint density at radius 2 is 2.08 bits per heavy atom. The van der Waals surface area contributed by atoms with E-state index >= 15 is 0 Å². The molecule has 59 valence electrons. The van der Waals surface area contributed by atoms with Gasteiger partial charge in [-0.2, -0.15) is 0 Å². The summed E-state index contributed by atoms with van der Waals surface area (Å²) < 4.78 is 0. The SMILES string of the molecule is Nc1cc[c]c2c(O)cccc12. The minimum absolute atomic E-state index is 0.222. The van der Waals surface area contributed by atoms with Gasteiger partial charge in [-0.05, 0) is 18.2 Å². The van der Waals surface area contributed by atoms with Gasteiger partial charge in [0, 0.05) is 16.5 Å². The first-order valence-corrected chi connectivity index (χ1v) is 3.67. The summed E-state index contributed by atoms with van der Waals surface area (Å²) in [5.41, 5.74) is 6.36. The largest absolute Gasteiger partial charge is 0.507 e. The van der Waals surface area contributed by atoms with Crippen LogP contribution in [0.5, 0.6) is 5.75 Å². The van der Waals surface area contributed by atoms with Crippen molar-refractivity contribution >= 4 is 16.5 Å². The number of phenolic OH excluding ortho intramolecular Hbond substituents is 1. The zero-order chi connectivity index (χ0) is 8.55. The third kappa shape index (κ3) is 0.889. The summed E-state index contributed by atoms with van der Waals surface area (Å²) in [7, 11) is 0. The highest BCUT2D eigenvalue weighted by Crippen LogP contribution is 2.27. The fourth-order valence-corrected chi connectivity index (χ4v) is 1.24. The number of phenols is 1. The van der Waals surface area contributed by atoms with Crippen molar-refractivity contribution in [3.05, 3.63) is 36.4 Å². The standard InChI is InChI=1S/C10H8NO/c11-9-5-1-4-8-7(9)3-2-6-10(8)12/h1-3,5-6,12H,11H2. The van der Waals surface area contributed by atoms with Gasteiger partial charge in [-0.3, -0.25) is 0 Å². The Balaban J connectivity index is 2.94. The Morgan fingerprint density at radius 3 is 2.83 bits per heavy atom. The van der Waals surface area contributed by atoms with Crippen LogP contribution in [0.25, 0.3) is 10.8 Å². The number of nitrogens with two attached hydrogens (primary N) is 1. The zero-order valence-electron chi connectivity index (χ0n) is 6.41. The molecule has 0 saturated heterocycles. The lowest BCUT2D eigenvalue weighted by Crippen LogP contribution is -1.85. The highest BCUT2D eigenvalue weighted by Gasteiger charge is 1.99. The van der Waals surface area contributed by atoms with Gasteiger partial charge in [-0.15, -0.1) is 0 Å². The van der Waals surface area contributed by atoms with E-state index in [2.05, 4.69) is 6.07 Å². The molecular formula is C10H8NO. The molecule has 3 N–H and O–H groups in total. The highest BCUT2D eigenvalue weighted by molar-refractivity contribution is 5.95. The number of nitrogen functional groups attached to an aromatic ring is 1. The molecule has 0 aromatic heterocycles. The van der Waals surface area contributed by atoms with Crippen molar-refractivity contribution in [2.75, 3.05) is 5.73 Å². The van der Waals surface area contributed by atoms with Gasteiger partial charge in [0.1, 0.15) is 5.75 Å². The van der Waals surface area contributed by atoms with Crippen molar-refractivity contribution in [3.8, 4) is 5.75 Å². The third-order valence-electron chi connectivity index (χ3n) is 1.84. The first kappa shape index (κ1) is 6.98. The van der Waals surface area contributed by atoms with E-state index in [1.165, 1.54) is 0 Å². The average molecular weight is 158 g/mol. The van der Waals surface area contributed by atoms with Crippen LogP contribution in [-0.2, 0) is 0 Å². The van der Waals surface area contributed by atoms with E-state index in [0.29, 0.717) is 11.1 Å². The van der Waals surface area contributed by atoms with Crippen molar-refractivity contribution in [1.29, 1.82) is 0 Å². The van der Waals surface area contributed by atoms with Gasteiger partial charge in [0.25, 0.3) is 0 Å². The summed E-state index contributed by atoms with van der Waals surface area (Å²) in [4.78, 5) is 0. The van der Waals surface area contributed by atoms with E-state index in [9.17, 15) is 5.11 Å². The fraction of sp³-hybridized carbons (Fsp3) is 0. The molecule has 0 heterocycles. The maximum absolute atomic E-state index is 9.41. The molecule has 12 heavy (non-hydrogen) atoms. The molecule has 2 rings (SSSR count). The number of aromatic hydroxyl groups is 1. The van der Waals surface area contributed by atoms with Gasteiger partial charge >= 0.3 is 0 Å². The highest BCUT2D eigenvalue weighted by atomic mass is 16.3. The van der Waals surface area contributed by atoms with Crippen LogP contribution < -0.4 is 5.73 Å². The minimum atomic E-state index is 0.222. The summed E-state index contributed by atoms with van der Waals surface area (Å²) in [6.45, 7) is 0. The summed E-state index contributed by atoms with van der Waals surface area (Å²) >= 11 is 0. The quantitative estimate of drug-likeness (QED) is 0.575. The fourth-order valence-electron chi connectivity index (χ4n) is 1.24. The van der Waals surface area contributed by atoms with Gasteiger partial charge < -0.3 is 10.8 Å². The monoisotopic (exact) mass is 158 g/mol. The van der Waals surface area contributed by atoms with Crippen LogP contribution in [0.15, 0.2) is 30.3 Å². The van der Waals surface area contributed by atoms with E-state index in [4.69, 9.17) is 5.73 Å². The second-order valence-electron chi connectivity index (χ2n) is 2.63. The van der Waals surface area contributed by atoms with Crippen molar-refractivity contribution < 1.29 is 5.11 Å². The van der Waals surface area contributed by atoms with Crippen molar-refractivity contribution in [2.45, 2.75) is 0 Å². The molecule has 1 radical (unpaired) electrons.